The van der Waals surface area contributed by atoms with E-state index in [-0.39, 0.29) is 12.3 Å². The Balaban J connectivity index is 2.57. The predicted molar refractivity (Wildman–Crippen MR) is 87.6 cm³/mol. The Kier molecular flexibility index (Phi) is 6.56. The van der Waals surface area contributed by atoms with Crippen molar-refractivity contribution in [2.45, 2.75) is 39.2 Å². The second kappa shape index (κ2) is 8.17. The zero-order chi connectivity index (χ0) is 17.5. The number of hydrogen-bond acceptors (Lipinski definition) is 3. The highest BCUT2D eigenvalue weighted by molar-refractivity contribution is 5.95. The van der Waals surface area contributed by atoms with Crippen LogP contribution in [0.2, 0.25) is 0 Å². The molecule has 1 aromatic carbocycles. The summed E-state index contributed by atoms with van der Waals surface area (Å²) < 4.78 is 0. The average molecular weight is 321 g/mol. The number of carboxylic acid groups (broad SMARTS) is 1. The highest BCUT2D eigenvalue weighted by Crippen LogP contribution is 2.13. The van der Waals surface area contributed by atoms with E-state index >= 15 is 0 Å². The molecule has 0 aliphatic heterocycles. The summed E-state index contributed by atoms with van der Waals surface area (Å²) in [6, 6.07) is 6.08. The summed E-state index contributed by atoms with van der Waals surface area (Å²) in [7, 11) is 0. The predicted octanol–water partition coefficient (Wildman–Crippen LogP) is 2.20. The molecule has 0 radical (unpaired) electrons. The SMILES string of the molecule is CCNC(=O)c1ccc(NC(=O)NC(C)(C)CCC(=O)O)cc1. The van der Waals surface area contributed by atoms with Crippen LogP contribution in [0.4, 0.5) is 10.5 Å². The maximum absolute atomic E-state index is 11.9. The Hall–Kier alpha value is -2.57. The standard InChI is InChI=1S/C16H23N3O4/c1-4-17-14(22)11-5-7-12(8-6-11)18-15(23)19-16(2,3)10-9-13(20)21/h5-8H,4,9-10H2,1-3H3,(H,17,22)(H,20,21)(H2,18,19,23). The van der Waals surface area contributed by atoms with Gasteiger partial charge in [-0.1, -0.05) is 0 Å². The first kappa shape index (κ1) is 18.5. The van der Waals surface area contributed by atoms with Crippen molar-refractivity contribution in [3.8, 4) is 0 Å². The van der Waals surface area contributed by atoms with Gasteiger partial charge in [0.05, 0.1) is 0 Å². The van der Waals surface area contributed by atoms with Crippen molar-refractivity contribution < 1.29 is 19.5 Å². The molecule has 7 heteroatoms. The largest absolute Gasteiger partial charge is 0.481 e. The lowest BCUT2D eigenvalue weighted by Crippen LogP contribution is -2.45. The molecule has 0 aromatic heterocycles. The molecule has 126 valence electrons. The maximum atomic E-state index is 11.9. The second-order valence-corrected chi connectivity index (χ2v) is 5.79. The topological polar surface area (TPSA) is 108 Å². The lowest BCUT2D eigenvalue weighted by molar-refractivity contribution is -0.137. The molecule has 0 aliphatic carbocycles. The molecule has 7 nitrogen and oxygen atoms in total. The van der Waals surface area contributed by atoms with Gasteiger partial charge in [-0.25, -0.2) is 4.79 Å². The Morgan fingerprint density at radius 1 is 1.13 bits per heavy atom. The highest BCUT2D eigenvalue weighted by atomic mass is 16.4. The third kappa shape index (κ3) is 6.82. The monoisotopic (exact) mass is 321 g/mol. The van der Waals surface area contributed by atoms with Crippen LogP contribution in [0.3, 0.4) is 0 Å². The summed E-state index contributed by atoms with van der Waals surface area (Å²) in [6.45, 7) is 5.90. The lowest BCUT2D eigenvalue weighted by Gasteiger charge is -2.25. The molecular formula is C16H23N3O4. The molecule has 0 unspecified atom stereocenters. The fourth-order valence-electron chi connectivity index (χ4n) is 1.92. The number of anilines is 1. The number of carbonyl (C=O) groups is 3. The molecule has 0 heterocycles. The molecule has 0 saturated carbocycles. The summed E-state index contributed by atoms with van der Waals surface area (Å²) in [4.78, 5) is 34.2. The zero-order valence-corrected chi connectivity index (χ0v) is 13.6. The summed E-state index contributed by atoms with van der Waals surface area (Å²) in [6.07, 6.45) is 0.306. The van der Waals surface area contributed by atoms with E-state index in [4.69, 9.17) is 5.11 Å². The number of rotatable bonds is 7. The van der Waals surface area contributed by atoms with Crippen LogP contribution in [-0.2, 0) is 4.79 Å². The minimum Gasteiger partial charge on any atom is -0.481 e. The second-order valence-electron chi connectivity index (χ2n) is 5.79. The van der Waals surface area contributed by atoms with Gasteiger partial charge in [-0.15, -0.1) is 0 Å². The van der Waals surface area contributed by atoms with Crippen LogP contribution in [-0.4, -0.2) is 35.1 Å². The number of hydrogen-bond donors (Lipinski definition) is 4. The van der Waals surface area contributed by atoms with Gasteiger partial charge in [0, 0.05) is 29.8 Å². The Labute approximate surface area is 135 Å². The van der Waals surface area contributed by atoms with Gasteiger partial charge in [0.2, 0.25) is 0 Å². The lowest BCUT2D eigenvalue weighted by atomic mass is 9.99. The quantitative estimate of drug-likeness (QED) is 0.617. The van der Waals surface area contributed by atoms with Crippen LogP contribution in [0.1, 0.15) is 44.0 Å². The van der Waals surface area contributed by atoms with Crippen molar-refractivity contribution in [3.63, 3.8) is 0 Å². The van der Waals surface area contributed by atoms with Gasteiger partial charge in [-0.2, -0.15) is 0 Å². The molecule has 3 amide bonds. The first-order chi connectivity index (χ1) is 10.7. The number of urea groups is 1. The van der Waals surface area contributed by atoms with Crippen LogP contribution in [0.15, 0.2) is 24.3 Å². The highest BCUT2D eigenvalue weighted by Gasteiger charge is 2.21. The molecule has 1 rings (SSSR count). The average Bonchev–Trinajstić information content (AvgIpc) is 2.45. The van der Waals surface area contributed by atoms with E-state index < -0.39 is 17.5 Å². The first-order valence-electron chi connectivity index (χ1n) is 7.43. The van der Waals surface area contributed by atoms with E-state index in [1.165, 1.54) is 0 Å². The normalized spacial score (nSPS) is 10.7. The number of benzene rings is 1. The molecule has 0 fully saturated rings. The molecule has 0 atom stereocenters. The van der Waals surface area contributed by atoms with E-state index in [0.717, 1.165) is 0 Å². The van der Waals surface area contributed by atoms with Gasteiger partial charge >= 0.3 is 12.0 Å². The number of amides is 3. The van der Waals surface area contributed by atoms with Gasteiger partial charge < -0.3 is 21.1 Å². The van der Waals surface area contributed by atoms with Gasteiger partial charge in [0.15, 0.2) is 0 Å². The summed E-state index contributed by atoms with van der Waals surface area (Å²) in [5.74, 6) is -1.07. The number of aliphatic carboxylic acids is 1. The number of nitrogens with one attached hydrogen (secondary N) is 3. The van der Waals surface area contributed by atoms with E-state index in [0.29, 0.717) is 24.2 Å². The molecule has 1 aromatic rings. The third-order valence-electron chi connectivity index (χ3n) is 3.16. The fraction of sp³-hybridized carbons (Fsp3) is 0.438. The van der Waals surface area contributed by atoms with E-state index in [9.17, 15) is 14.4 Å². The van der Waals surface area contributed by atoms with Crippen molar-refractivity contribution in [2.24, 2.45) is 0 Å². The van der Waals surface area contributed by atoms with Crippen molar-refractivity contribution in [3.05, 3.63) is 29.8 Å². The van der Waals surface area contributed by atoms with Crippen LogP contribution in [0.25, 0.3) is 0 Å². The summed E-state index contributed by atoms with van der Waals surface area (Å²) in [5, 5.41) is 16.8. The van der Waals surface area contributed by atoms with Crippen LogP contribution >= 0.6 is 0 Å². The van der Waals surface area contributed by atoms with Crippen molar-refractivity contribution in [1.82, 2.24) is 10.6 Å². The van der Waals surface area contributed by atoms with Crippen LogP contribution < -0.4 is 16.0 Å². The van der Waals surface area contributed by atoms with Crippen molar-refractivity contribution >= 4 is 23.6 Å². The fourth-order valence-corrected chi connectivity index (χ4v) is 1.92. The summed E-state index contributed by atoms with van der Waals surface area (Å²) in [5.41, 5.74) is 0.424. The molecule has 4 N–H and O–H groups in total. The van der Waals surface area contributed by atoms with Gasteiger partial charge in [-0.3, -0.25) is 9.59 Å². The molecule has 0 aliphatic rings. The van der Waals surface area contributed by atoms with Crippen LogP contribution in [0.5, 0.6) is 0 Å². The van der Waals surface area contributed by atoms with Gasteiger partial charge in [0.25, 0.3) is 5.91 Å². The van der Waals surface area contributed by atoms with E-state index in [1.54, 1.807) is 38.1 Å². The molecule has 0 saturated heterocycles. The minimum absolute atomic E-state index is 0.0193. The van der Waals surface area contributed by atoms with Crippen molar-refractivity contribution in [2.75, 3.05) is 11.9 Å². The number of carbonyl (C=O) groups excluding carboxylic acids is 2. The van der Waals surface area contributed by atoms with E-state index in [1.807, 2.05) is 6.92 Å². The van der Waals surface area contributed by atoms with E-state index in [2.05, 4.69) is 16.0 Å². The molecule has 23 heavy (non-hydrogen) atoms. The minimum atomic E-state index is -0.902. The third-order valence-corrected chi connectivity index (χ3v) is 3.16. The Bertz CT molecular complexity index is 567. The van der Waals surface area contributed by atoms with Gasteiger partial charge in [0.1, 0.15) is 0 Å². The van der Waals surface area contributed by atoms with Gasteiger partial charge in [-0.05, 0) is 51.5 Å². The smallest absolute Gasteiger partial charge is 0.319 e. The van der Waals surface area contributed by atoms with Crippen LogP contribution in [0, 0.1) is 0 Å². The maximum Gasteiger partial charge on any atom is 0.319 e. The summed E-state index contributed by atoms with van der Waals surface area (Å²) >= 11 is 0. The number of carboxylic acids is 1. The molecular weight excluding hydrogens is 298 g/mol. The Morgan fingerprint density at radius 3 is 2.26 bits per heavy atom. The molecule has 0 bridgehead atoms. The zero-order valence-electron chi connectivity index (χ0n) is 13.6. The Morgan fingerprint density at radius 2 is 1.74 bits per heavy atom. The molecule has 0 spiro atoms. The van der Waals surface area contributed by atoms with Crippen molar-refractivity contribution in [1.29, 1.82) is 0 Å². The first-order valence-corrected chi connectivity index (χ1v) is 7.43.